The molecule has 0 fully saturated rings. The number of carbonyl (C=O) groups excluding carboxylic acids is 1. The number of rotatable bonds is 8. The highest BCUT2D eigenvalue weighted by atomic mass is 79.9. The number of aromatic nitrogens is 2. The van der Waals surface area contributed by atoms with Crippen LogP contribution in [0.15, 0.2) is 97.7 Å². The van der Waals surface area contributed by atoms with Gasteiger partial charge in [0.1, 0.15) is 5.82 Å². The predicted molar refractivity (Wildman–Crippen MR) is 168 cm³/mol. The molecule has 1 heterocycles. The van der Waals surface area contributed by atoms with E-state index in [1.165, 1.54) is 55.8 Å². The molecule has 0 aliphatic heterocycles. The molecule has 0 spiro atoms. The number of carbonyl (C=O) groups is 1. The van der Waals surface area contributed by atoms with E-state index in [0.29, 0.717) is 14.5 Å². The fraction of sp³-hybridized carbons (Fsp3) is 0.0968. The Hall–Kier alpha value is -4.56. The van der Waals surface area contributed by atoms with Crippen molar-refractivity contribution >= 4 is 60.6 Å². The van der Waals surface area contributed by atoms with Gasteiger partial charge >= 0.3 is 6.18 Å². The molecule has 0 unspecified atom stereocenters. The van der Waals surface area contributed by atoms with Crippen LogP contribution < -0.4 is 20.3 Å². The lowest BCUT2D eigenvalue weighted by Crippen LogP contribution is -2.21. The standard InChI is InChI=1S/C31H20Br2F4N4O4/c1-44-24-14-18(26(32)27(33)28(24)45-16-25(42)39-23-12-5-3-10-21(23)34)15-38-41-29(17-7-6-8-19(13-17)31(35,36)37)40-22-11-4-2-9-20(22)30(41)43/h2-15H,16H2,1H3,(H,39,42). The topological polar surface area (TPSA) is 94.8 Å². The van der Waals surface area contributed by atoms with Gasteiger partial charge in [-0.1, -0.05) is 36.4 Å². The number of alkyl halides is 3. The first-order chi connectivity index (χ1) is 21.5. The molecule has 0 aliphatic carbocycles. The van der Waals surface area contributed by atoms with Crippen molar-refractivity contribution in [3.05, 3.63) is 115 Å². The van der Waals surface area contributed by atoms with Crippen LogP contribution in [0.4, 0.5) is 23.2 Å². The summed E-state index contributed by atoms with van der Waals surface area (Å²) in [6.45, 7) is -0.484. The van der Waals surface area contributed by atoms with Crippen molar-refractivity contribution in [2.24, 2.45) is 5.10 Å². The van der Waals surface area contributed by atoms with Crippen LogP contribution in [0, 0.1) is 5.82 Å². The third kappa shape index (κ3) is 6.91. The van der Waals surface area contributed by atoms with E-state index in [-0.39, 0.29) is 39.5 Å². The molecule has 45 heavy (non-hydrogen) atoms. The number of fused-ring (bicyclic) bond motifs is 1. The Labute approximate surface area is 269 Å². The van der Waals surface area contributed by atoms with E-state index < -0.39 is 35.6 Å². The average Bonchev–Trinajstić information content (AvgIpc) is 3.02. The normalized spacial score (nSPS) is 11.6. The van der Waals surface area contributed by atoms with Crippen LogP contribution in [0.2, 0.25) is 0 Å². The van der Waals surface area contributed by atoms with Crippen molar-refractivity contribution in [2.75, 3.05) is 19.0 Å². The summed E-state index contributed by atoms with van der Waals surface area (Å²) >= 11 is 6.85. The minimum atomic E-state index is -4.61. The van der Waals surface area contributed by atoms with Gasteiger partial charge in [0.15, 0.2) is 23.9 Å². The number of hydrogen-bond donors (Lipinski definition) is 1. The molecule has 4 aromatic carbocycles. The molecule has 14 heteroatoms. The molecular weight excluding hydrogens is 728 g/mol. The molecule has 5 aromatic rings. The zero-order valence-electron chi connectivity index (χ0n) is 23.0. The fourth-order valence-electron chi connectivity index (χ4n) is 4.24. The molecule has 0 atom stereocenters. The smallest absolute Gasteiger partial charge is 0.416 e. The van der Waals surface area contributed by atoms with E-state index in [0.717, 1.165) is 16.8 Å². The Morgan fingerprint density at radius 2 is 1.76 bits per heavy atom. The van der Waals surface area contributed by atoms with Crippen LogP contribution in [0.25, 0.3) is 22.3 Å². The number of nitrogens with one attached hydrogen (secondary N) is 1. The van der Waals surface area contributed by atoms with E-state index in [1.54, 1.807) is 24.3 Å². The zero-order valence-corrected chi connectivity index (χ0v) is 26.2. The second-order valence-corrected chi connectivity index (χ2v) is 10.9. The number of anilines is 1. The Kier molecular flexibility index (Phi) is 9.34. The lowest BCUT2D eigenvalue weighted by atomic mass is 10.1. The van der Waals surface area contributed by atoms with Gasteiger partial charge in [-0.15, -0.1) is 0 Å². The molecule has 0 saturated carbocycles. The van der Waals surface area contributed by atoms with Crippen LogP contribution in [-0.2, 0) is 11.0 Å². The van der Waals surface area contributed by atoms with Gasteiger partial charge in [0, 0.05) is 15.6 Å². The molecule has 230 valence electrons. The maximum absolute atomic E-state index is 13.9. The van der Waals surface area contributed by atoms with Crippen LogP contribution >= 0.6 is 31.9 Å². The van der Waals surface area contributed by atoms with Crippen LogP contribution in [-0.4, -0.2) is 35.5 Å². The van der Waals surface area contributed by atoms with Crippen molar-refractivity contribution in [3.63, 3.8) is 0 Å². The summed E-state index contributed by atoms with van der Waals surface area (Å²) in [6.07, 6.45) is -3.32. The molecule has 1 N–H and O–H groups in total. The molecule has 0 bridgehead atoms. The molecule has 1 amide bonds. The molecular formula is C31H20Br2F4N4O4. The molecule has 0 saturated heterocycles. The van der Waals surface area contributed by atoms with E-state index in [9.17, 15) is 27.2 Å². The van der Waals surface area contributed by atoms with E-state index in [2.05, 4.69) is 47.3 Å². The Morgan fingerprint density at radius 3 is 2.49 bits per heavy atom. The molecule has 0 aliphatic rings. The largest absolute Gasteiger partial charge is 0.493 e. The highest BCUT2D eigenvalue weighted by Gasteiger charge is 2.31. The van der Waals surface area contributed by atoms with Gasteiger partial charge in [-0.3, -0.25) is 9.59 Å². The SMILES string of the molecule is COc1cc(C=Nn2c(-c3cccc(C(F)(F)F)c3)nc3ccccc3c2=O)c(Br)c(Br)c1OCC(=O)Nc1ccccc1F. The number of para-hydroxylation sites is 2. The van der Waals surface area contributed by atoms with Gasteiger partial charge in [-0.05, 0) is 74.3 Å². The van der Waals surface area contributed by atoms with Crippen molar-refractivity contribution in [1.82, 2.24) is 9.66 Å². The van der Waals surface area contributed by atoms with Gasteiger partial charge in [-0.25, -0.2) is 9.37 Å². The highest BCUT2D eigenvalue weighted by Crippen LogP contribution is 2.42. The summed E-state index contributed by atoms with van der Waals surface area (Å²) < 4.78 is 67.2. The monoisotopic (exact) mass is 746 g/mol. The molecule has 1 aromatic heterocycles. The summed E-state index contributed by atoms with van der Waals surface area (Å²) in [5.74, 6) is -1.02. The van der Waals surface area contributed by atoms with Crippen molar-refractivity contribution < 1.29 is 31.8 Å². The number of methoxy groups -OCH3 is 1. The number of nitrogens with zero attached hydrogens (tertiary/aromatic N) is 3. The third-order valence-corrected chi connectivity index (χ3v) is 8.53. The number of benzene rings is 4. The first-order valence-electron chi connectivity index (χ1n) is 12.9. The quantitative estimate of drug-likeness (QED) is 0.130. The van der Waals surface area contributed by atoms with Crippen molar-refractivity contribution in [1.29, 1.82) is 0 Å². The maximum atomic E-state index is 13.9. The van der Waals surface area contributed by atoms with Crippen LogP contribution in [0.1, 0.15) is 11.1 Å². The number of amides is 1. The van der Waals surface area contributed by atoms with Gasteiger partial charge in [0.2, 0.25) is 0 Å². The lowest BCUT2D eigenvalue weighted by Gasteiger charge is -2.15. The Bertz CT molecular complexity index is 2020. The first-order valence-corrected chi connectivity index (χ1v) is 14.5. The summed E-state index contributed by atoms with van der Waals surface area (Å²) in [7, 11) is 1.37. The summed E-state index contributed by atoms with van der Waals surface area (Å²) in [4.78, 5) is 30.4. The molecule has 5 rings (SSSR count). The lowest BCUT2D eigenvalue weighted by molar-refractivity contribution is -0.137. The second-order valence-electron chi connectivity index (χ2n) is 9.33. The van der Waals surface area contributed by atoms with Crippen molar-refractivity contribution in [2.45, 2.75) is 6.18 Å². The van der Waals surface area contributed by atoms with Gasteiger partial charge < -0.3 is 14.8 Å². The van der Waals surface area contributed by atoms with E-state index in [4.69, 9.17) is 9.47 Å². The third-order valence-electron chi connectivity index (χ3n) is 6.39. The fourth-order valence-corrected chi connectivity index (χ4v) is 5.18. The van der Waals surface area contributed by atoms with Gasteiger partial charge in [-0.2, -0.15) is 22.9 Å². The van der Waals surface area contributed by atoms with Crippen LogP contribution in [0.3, 0.4) is 0 Å². The first kappa shape index (κ1) is 31.9. The van der Waals surface area contributed by atoms with E-state index >= 15 is 0 Å². The zero-order chi connectivity index (χ0) is 32.3. The highest BCUT2D eigenvalue weighted by molar-refractivity contribution is 9.13. The van der Waals surface area contributed by atoms with Crippen LogP contribution in [0.5, 0.6) is 11.5 Å². The minimum absolute atomic E-state index is 0.00667. The van der Waals surface area contributed by atoms with Gasteiger partial charge in [0.25, 0.3) is 11.5 Å². The second kappa shape index (κ2) is 13.2. The summed E-state index contributed by atoms with van der Waals surface area (Å²) in [6, 6.07) is 18.0. The number of ether oxygens (including phenoxy) is 2. The summed E-state index contributed by atoms with van der Waals surface area (Å²) in [5.41, 5.74) is -0.836. The Balaban J connectivity index is 1.51. The minimum Gasteiger partial charge on any atom is -0.493 e. The summed E-state index contributed by atoms with van der Waals surface area (Å²) in [5, 5.41) is 6.95. The van der Waals surface area contributed by atoms with Crippen molar-refractivity contribution in [3.8, 4) is 22.9 Å². The average molecular weight is 748 g/mol. The maximum Gasteiger partial charge on any atom is 0.416 e. The number of halogens is 6. The van der Waals surface area contributed by atoms with Gasteiger partial charge in [0.05, 0.1) is 40.0 Å². The molecule has 8 nitrogen and oxygen atoms in total. The predicted octanol–water partition coefficient (Wildman–Crippen LogP) is 7.65. The Morgan fingerprint density at radius 1 is 1.02 bits per heavy atom. The molecule has 0 radical (unpaired) electrons. The van der Waals surface area contributed by atoms with E-state index in [1.807, 2.05) is 0 Å². The number of hydrogen-bond acceptors (Lipinski definition) is 6.